The fourth-order valence-electron chi connectivity index (χ4n) is 9.08. The first kappa shape index (κ1) is 64.8. The molecule has 0 radical (unpaired) electrons. The molecule has 8 rings (SSSR count). The molecule has 0 aromatic heterocycles. The lowest BCUT2D eigenvalue weighted by Crippen LogP contribution is -2.54. The molecule has 40 heteroatoms. The highest BCUT2D eigenvalue weighted by Crippen LogP contribution is 2.40. The molecule has 67 heavy (non-hydrogen) atoms. The van der Waals surface area contributed by atoms with Crippen molar-refractivity contribution in [2.75, 3.05) is 49.8 Å². The Labute approximate surface area is 431 Å². The summed E-state index contributed by atoms with van der Waals surface area (Å²) in [4.78, 5) is 9.64. The molecule has 0 spiro atoms. The van der Waals surface area contributed by atoms with Crippen LogP contribution in [0.15, 0.2) is 0 Å². The maximum absolute atomic E-state index is 9.64. The van der Waals surface area contributed by atoms with Gasteiger partial charge in [-0.1, -0.05) is 41.5 Å². The summed E-state index contributed by atoms with van der Waals surface area (Å²) in [6.45, 7) is 30.4. The summed E-state index contributed by atoms with van der Waals surface area (Å²) in [6, 6.07) is 5.36. The zero-order valence-electron chi connectivity index (χ0n) is 44.5. The SMILES string of the molecule is CC[Si]1(OC)O[SiH](C)[SiH]([SiH](C)O)O1.CC[Si]1(OC)O[SiH](C)[SiH]([SiH]2O[Si](CC)(OC)O[SiH]2C)O1.CC[Si]12O[SiH](C)[SiH](O1)[SiH](C)O2.CC[Si]12O[SiH](C)[SiH](O1)[SiH]1O[Si](CC)(O[SiH]1C)O2.COC.COC. The molecule has 8 fully saturated rings. The van der Waals surface area contributed by atoms with Crippen molar-refractivity contribution in [2.45, 2.75) is 130 Å². The Hall–Kier alpha value is 3.54. The lowest BCUT2D eigenvalue weighted by molar-refractivity contribution is 0.214. The highest BCUT2D eigenvalue weighted by molar-refractivity contribution is 7.64. The van der Waals surface area contributed by atoms with E-state index < -0.39 is 170 Å². The summed E-state index contributed by atoms with van der Waals surface area (Å²) in [5.74, 6) is 0. The molecule has 1 N–H and O–H groups in total. The van der Waals surface area contributed by atoms with E-state index in [1.807, 2.05) is 13.5 Å². The molecule has 0 aliphatic carbocycles. The van der Waals surface area contributed by atoms with Gasteiger partial charge in [0.25, 0.3) is 0 Å². The van der Waals surface area contributed by atoms with E-state index in [9.17, 15) is 4.80 Å². The fourth-order valence-corrected chi connectivity index (χ4v) is 238. The van der Waals surface area contributed by atoms with Crippen molar-refractivity contribution in [2.24, 2.45) is 0 Å². The molecular formula is C27H90O20Si20. The van der Waals surface area contributed by atoms with E-state index in [0.717, 1.165) is 36.3 Å². The van der Waals surface area contributed by atoms with Gasteiger partial charge in [-0.05, 0) is 52.4 Å². The fraction of sp³-hybridized carbons (Fsp3) is 1.00. The van der Waals surface area contributed by atoms with Crippen molar-refractivity contribution in [1.29, 1.82) is 0 Å². The van der Waals surface area contributed by atoms with Crippen molar-refractivity contribution in [3.05, 3.63) is 0 Å². The molecule has 0 aromatic rings. The van der Waals surface area contributed by atoms with Crippen molar-refractivity contribution in [3.63, 3.8) is 0 Å². The van der Waals surface area contributed by atoms with Gasteiger partial charge >= 0.3 is 52.8 Å². The molecule has 0 saturated carbocycles. The first-order valence-electron chi connectivity index (χ1n) is 24.2. The number of ether oxygens (including phenoxy) is 2. The van der Waals surface area contributed by atoms with Gasteiger partial charge in [0.1, 0.15) is 0 Å². The second kappa shape index (κ2) is 28.8. The lowest BCUT2D eigenvalue weighted by atomic mass is 11.0. The molecule has 20 nitrogen and oxygen atoms in total. The Balaban J connectivity index is 0.000000232. The maximum atomic E-state index is 9.64. The average molecular weight is 1300 g/mol. The largest absolute Gasteiger partial charge is 0.478 e. The van der Waals surface area contributed by atoms with Crippen LogP contribution in [0.3, 0.4) is 0 Å². The van der Waals surface area contributed by atoms with Crippen molar-refractivity contribution < 1.29 is 85.2 Å². The third-order valence-corrected chi connectivity index (χ3v) is 177. The van der Waals surface area contributed by atoms with Crippen LogP contribution in [0.1, 0.15) is 41.5 Å². The number of fused-ring (bicyclic) bond motifs is 7. The van der Waals surface area contributed by atoms with Gasteiger partial charge < -0.3 is 85.2 Å². The second-order valence-electron chi connectivity index (χ2n) is 17.7. The third-order valence-electron chi connectivity index (χ3n) is 12.7. The predicted octanol–water partition coefficient (Wildman–Crippen LogP) is -1.55. The minimum atomic E-state index is -2.35. The molecule has 8 aliphatic heterocycles. The van der Waals surface area contributed by atoms with Crippen LogP contribution in [0, 0.1) is 0 Å². The van der Waals surface area contributed by atoms with E-state index in [1.165, 1.54) is 0 Å². The molecule has 8 aliphatic rings. The van der Waals surface area contributed by atoms with Gasteiger partial charge in [-0.2, -0.15) is 0 Å². The third kappa shape index (κ3) is 15.8. The molecule has 8 saturated heterocycles. The monoisotopic (exact) mass is 1290 g/mol. The zero-order chi connectivity index (χ0) is 50.8. The molecule has 398 valence electrons. The molecule has 8 heterocycles. The molecule has 0 aromatic carbocycles. The Kier molecular flexibility index (Phi) is 27.8. The normalized spacial score (nSPS) is 46.9. The van der Waals surface area contributed by atoms with E-state index in [4.69, 9.17) is 70.9 Å². The van der Waals surface area contributed by atoms with Crippen molar-refractivity contribution in [3.8, 4) is 0 Å². The van der Waals surface area contributed by atoms with Crippen LogP contribution in [-0.2, 0) is 80.4 Å². The molecule has 18 atom stereocenters. The smallest absolute Gasteiger partial charge is 0.436 e. The van der Waals surface area contributed by atoms with Crippen LogP contribution in [0.4, 0.5) is 0 Å². The summed E-state index contributed by atoms with van der Waals surface area (Å²) in [5.41, 5.74) is 0. The molecule has 0 amide bonds. The van der Waals surface area contributed by atoms with Crippen LogP contribution in [0.5, 0.6) is 0 Å². The van der Waals surface area contributed by atoms with Crippen LogP contribution in [0.2, 0.25) is 88.6 Å². The summed E-state index contributed by atoms with van der Waals surface area (Å²) in [7, 11) is -18.8. The van der Waals surface area contributed by atoms with Gasteiger partial charge in [-0.3, -0.25) is 0 Å². The Morgan fingerprint density at radius 2 is 0.627 bits per heavy atom. The predicted molar refractivity (Wildman–Crippen MR) is 309 cm³/mol. The Morgan fingerprint density at radius 3 is 0.866 bits per heavy atom. The van der Waals surface area contributed by atoms with E-state index in [-0.39, 0.29) is 0 Å². The summed E-state index contributed by atoms with van der Waals surface area (Å²) in [5, 5.41) is 0. The van der Waals surface area contributed by atoms with Gasteiger partial charge in [-0.25, -0.2) is 0 Å². The number of hydrogen-bond acceptors (Lipinski definition) is 20. The summed E-state index contributed by atoms with van der Waals surface area (Å²) >= 11 is 0. The van der Waals surface area contributed by atoms with Crippen LogP contribution in [0.25, 0.3) is 0 Å². The van der Waals surface area contributed by atoms with Gasteiger partial charge in [-0.15, -0.1) is 0 Å². The quantitative estimate of drug-likeness (QED) is 0.234. The van der Waals surface area contributed by atoms with Gasteiger partial charge in [0.05, 0.1) is 0 Å². The second-order valence-corrected chi connectivity index (χ2v) is 122. The molecule has 6 bridgehead atoms. The number of hydrogen-bond donors (Lipinski definition) is 1. The number of rotatable bonds is 11. The highest BCUT2D eigenvalue weighted by Gasteiger charge is 2.70. The van der Waals surface area contributed by atoms with Crippen LogP contribution in [-0.4, -0.2) is 224 Å². The Morgan fingerprint density at radius 1 is 0.358 bits per heavy atom. The topological polar surface area (TPSA) is 196 Å². The van der Waals surface area contributed by atoms with E-state index in [2.05, 4.69) is 89.9 Å². The van der Waals surface area contributed by atoms with Gasteiger partial charge in [0.15, 0.2) is 117 Å². The van der Waals surface area contributed by atoms with Gasteiger partial charge in [0.2, 0.25) is 0 Å². The number of methoxy groups -OCH3 is 2. The maximum Gasteiger partial charge on any atom is 0.478 e. The standard InChI is InChI=1S/C8H26O6Si6.C6H20O5Si6.C5H18O4Si4.C4H14O3Si4.2C2H6O/c1-7-19(9-3)11-15(5)17(13-19)18-14-20(8-2,10-4)12-16(18)6;1-5-16-7-12(3)14(9-16)15-10-17(6-2,11-16)8-13(15)4;1-5-13(7-2)8-11(4)12(9-13)10(3)6;1-4-11-5-8(2)10(7-11)9(3)6-11;2*1-3-2/h15-18H,7-8H2,1-6H3;12-15H,5-6H2,1-4H3;6,10-12H,5H2,1-4H3;8-10H,4H2,1-3H3;2*1-2H3. The van der Waals surface area contributed by atoms with Crippen LogP contribution >= 0.6 is 0 Å². The minimum absolute atomic E-state index is 0.839. The Bertz CT molecular complexity index is 1380. The van der Waals surface area contributed by atoms with Crippen molar-refractivity contribution in [1.82, 2.24) is 0 Å². The first-order valence-corrected chi connectivity index (χ1v) is 78.3. The van der Waals surface area contributed by atoms with E-state index in [0.29, 0.717) is 0 Å². The van der Waals surface area contributed by atoms with E-state index >= 15 is 0 Å². The summed E-state index contributed by atoms with van der Waals surface area (Å²) < 4.78 is 112. The highest BCUT2D eigenvalue weighted by atomic mass is 29.8. The zero-order valence-corrected chi connectivity index (χ0v) is 66.7. The lowest BCUT2D eigenvalue weighted by Gasteiger charge is -2.32. The van der Waals surface area contributed by atoms with Gasteiger partial charge in [0, 0.05) is 86.0 Å². The minimum Gasteiger partial charge on any atom is -0.436 e. The molecule has 18 unspecified atom stereocenters. The first-order chi connectivity index (χ1) is 31.5. The molecular weight excluding hydrogens is 1210 g/mol. The van der Waals surface area contributed by atoms with Crippen LogP contribution < -0.4 is 0 Å². The summed E-state index contributed by atoms with van der Waals surface area (Å²) in [6.07, 6.45) is 0. The average Bonchev–Trinajstić information content (AvgIpc) is 4.17. The van der Waals surface area contributed by atoms with Crippen molar-refractivity contribution >= 4 is 170 Å². The van der Waals surface area contributed by atoms with E-state index in [1.54, 1.807) is 49.8 Å².